The molecular formula is C13H18FNO. The van der Waals surface area contributed by atoms with Crippen LogP contribution >= 0.6 is 0 Å². The lowest BCUT2D eigenvalue weighted by Crippen LogP contribution is -2.20. The van der Waals surface area contributed by atoms with Gasteiger partial charge >= 0.3 is 0 Å². The summed E-state index contributed by atoms with van der Waals surface area (Å²) in [5.41, 5.74) is 2.31. The van der Waals surface area contributed by atoms with Crippen molar-refractivity contribution in [2.45, 2.75) is 32.2 Å². The third kappa shape index (κ3) is 2.05. The highest BCUT2D eigenvalue weighted by Gasteiger charge is 2.19. The summed E-state index contributed by atoms with van der Waals surface area (Å²) in [7, 11) is 1.51. The maximum atomic E-state index is 13.7. The van der Waals surface area contributed by atoms with Crippen molar-refractivity contribution in [2.75, 3.05) is 13.7 Å². The van der Waals surface area contributed by atoms with Crippen LogP contribution in [0.4, 0.5) is 4.39 Å². The Morgan fingerprint density at radius 2 is 2.31 bits per heavy atom. The predicted octanol–water partition coefficient (Wildman–Crippen LogP) is 2.82. The monoisotopic (exact) mass is 223 g/mol. The quantitative estimate of drug-likeness (QED) is 0.832. The number of halogens is 1. The van der Waals surface area contributed by atoms with Gasteiger partial charge in [-0.05, 0) is 49.1 Å². The van der Waals surface area contributed by atoms with Gasteiger partial charge in [-0.1, -0.05) is 6.92 Å². The van der Waals surface area contributed by atoms with Crippen LogP contribution in [0, 0.1) is 5.82 Å². The van der Waals surface area contributed by atoms with Crippen LogP contribution in [-0.4, -0.2) is 13.7 Å². The molecular weight excluding hydrogens is 205 g/mol. The molecule has 0 aromatic heterocycles. The van der Waals surface area contributed by atoms with Crippen molar-refractivity contribution in [3.8, 4) is 5.75 Å². The Bertz CT molecular complexity index is 378. The summed E-state index contributed by atoms with van der Waals surface area (Å²) in [6, 6.07) is 3.75. The van der Waals surface area contributed by atoms with E-state index in [2.05, 4.69) is 12.2 Å². The van der Waals surface area contributed by atoms with E-state index in [0.29, 0.717) is 5.75 Å². The molecule has 0 aliphatic carbocycles. The molecule has 3 heteroatoms. The first-order valence-corrected chi connectivity index (χ1v) is 5.86. The van der Waals surface area contributed by atoms with E-state index in [-0.39, 0.29) is 11.9 Å². The maximum Gasteiger partial charge on any atom is 0.165 e. The summed E-state index contributed by atoms with van der Waals surface area (Å²) < 4.78 is 18.7. The van der Waals surface area contributed by atoms with Gasteiger partial charge in [0.15, 0.2) is 11.6 Å². The predicted molar refractivity (Wildman–Crippen MR) is 62.3 cm³/mol. The minimum atomic E-state index is -0.261. The maximum absolute atomic E-state index is 13.7. The molecule has 0 saturated heterocycles. The minimum absolute atomic E-state index is 0.261. The van der Waals surface area contributed by atoms with Crippen molar-refractivity contribution in [1.29, 1.82) is 0 Å². The van der Waals surface area contributed by atoms with Crippen molar-refractivity contribution in [3.05, 3.63) is 29.1 Å². The number of ether oxygens (including phenoxy) is 1. The molecule has 0 saturated carbocycles. The molecule has 1 unspecified atom stereocenters. The van der Waals surface area contributed by atoms with Crippen LogP contribution in [0.25, 0.3) is 0 Å². The first-order chi connectivity index (χ1) is 7.76. The van der Waals surface area contributed by atoms with Crippen molar-refractivity contribution < 1.29 is 9.13 Å². The van der Waals surface area contributed by atoms with E-state index < -0.39 is 0 Å². The van der Waals surface area contributed by atoms with Crippen LogP contribution in [0.2, 0.25) is 0 Å². The van der Waals surface area contributed by atoms with Crippen LogP contribution in [0.15, 0.2) is 12.1 Å². The van der Waals surface area contributed by atoms with Gasteiger partial charge in [-0.25, -0.2) is 4.39 Å². The van der Waals surface area contributed by atoms with Gasteiger partial charge in [0.25, 0.3) is 0 Å². The summed E-state index contributed by atoms with van der Waals surface area (Å²) in [5.74, 6) is 0.0962. The first-order valence-electron chi connectivity index (χ1n) is 5.86. The number of hydrogen-bond acceptors (Lipinski definition) is 2. The molecule has 88 valence electrons. The smallest absolute Gasteiger partial charge is 0.165 e. The number of methoxy groups -OCH3 is 1. The molecule has 16 heavy (non-hydrogen) atoms. The number of aryl methyl sites for hydroxylation is 1. The second kappa shape index (κ2) is 4.83. The second-order valence-corrected chi connectivity index (χ2v) is 4.20. The number of hydrogen-bond donors (Lipinski definition) is 1. The summed E-state index contributed by atoms with van der Waals surface area (Å²) in [5, 5.41) is 3.44. The molecule has 0 radical (unpaired) electrons. The number of rotatable bonds is 2. The van der Waals surface area contributed by atoms with Crippen LogP contribution in [-0.2, 0) is 6.42 Å². The van der Waals surface area contributed by atoms with E-state index in [1.54, 1.807) is 6.07 Å². The minimum Gasteiger partial charge on any atom is -0.494 e. The van der Waals surface area contributed by atoms with E-state index in [1.165, 1.54) is 12.7 Å². The molecule has 0 fully saturated rings. The second-order valence-electron chi connectivity index (χ2n) is 4.20. The molecule has 1 aromatic carbocycles. The Morgan fingerprint density at radius 1 is 1.50 bits per heavy atom. The fraction of sp³-hybridized carbons (Fsp3) is 0.538. The van der Waals surface area contributed by atoms with E-state index in [9.17, 15) is 4.39 Å². The Morgan fingerprint density at radius 3 is 3.00 bits per heavy atom. The standard InChI is InChI=1S/C13H18FNO/c1-3-12-10-8-11(14)13(16-2)7-9(10)5-4-6-15-12/h7-8,12,15H,3-6H2,1-2H3. The van der Waals surface area contributed by atoms with Gasteiger partial charge in [-0.2, -0.15) is 0 Å². The molecule has 1 aliphatic rings. The molecule has 1 aromatic rings. The SMILES string of the molecule is CCC1NCCCc2cc(OC)c(F)cc21. The lowest BCUT2D eigenvalue weighted by molar-refractivity contribution is 0.385. The largest absolute Gasteiger partial charge is 0.494 e. The summed E-state index contributed by atoms with van der Waals surface area (Å²) >= 11 is 0. The fourth-order valence-corrected chi connectivity index (χ4v) is 2.34. The molecule has 0 bridgehead atoms. The van der Waals surface area contributed by atoms with Gasteiger partial charge < -0.3 is 10.1 Å². The van der Waals surface area contributed by atoms with Crippen LogP contribution in [0.5, 0.6) is 5.75 Å². The van der Waals surface area contributed by atoms with Crippen molar-refractivity contribution in [2.24, 2.45) is 0 Å². The molecule has 1 N–H and O–H groups in total. The fourth-order valence-electron chi connectivity index (χ4n) is 2.34. The lowest BCUT2D eigenvalue weighted by atomic mass is 9.97. The van der Waals surface area contributed by atoms with Crippen LogP contribution < -0.4 is 10.1 Å². The zero-order valence-corrected chi connectivity index (χ0v) is 9.85. The molecule has 1 atom stereocenters. The zero-order chi connectivity index (χ0) is 11.5. The van der Waals surface area contributed by atoms with Gasteiger partial charge in [0.05, 0.1) is 7.11 Å². The van der Waals surface area contributed by atoms with Gasteiger partial charge in [-0.15, -0.1) is 0 Å². The zero-order valence-electron chi connectivity index (χ0n) is 9.85. The van der Waals surface area contributed by atoms with E-state index >= 15 is 0 Å². The lowest BCUT2D eigenvalue weighted by Gasteiger charge is -2.17. The average Bonchev–Trinajstić information content (AvgIpc) is 2.49. The van der Waals surface area contributed by atoms with E-state index in [4.69, 9.17) is 4.74 Å². The summed E-state index contributed by atoms with van der Waals surface area (Å²) in [6.07, 6.45) is 3.08. The number of nitrogens with one attached hydrogen (secondary N) is 1. The molecule has 2 rings (SSSR count). The Labute approximate surface area is 95.8 Å². The molecule has 2 nitrogen and oxygen atoms in total. The van der Waals surface area contributed by atoms with Gasteiger partial charge in [0.2, 0.25) is 0 Å². The third-order valence-corrected chi connectivity index (χ3v) is 3.21. The Balaban J connectivity index is 2.45. The van der Waals surface area contributed by atoms with Gasteiger partial charge in [0, 0.05) is 6.04 Å². The first kappa shape index (κ1) is 11.4. The topological polar surface area (TPSA) is 21.3 Å². The van der Waals surface area contributed by atoms with Crippen LogP contribution in [0.3, 0.4) is 0 Å². The third-order valence-electron chi connectivity index (χ3n) is 3.21. The molecule has 0 spiro atoms. The molecule has 0 amide bonds. The molecule has 1 heterocycles. The van der Waals surface area contributed by atoms with Gasteiger partial charge in [-0.3, -0.25) is 0 Å². The molecule has 1 aliphatic heterocycles. The van der Waals surface area contributed by atoms with Crippen molar-refractivity contribution in [1.82, 2.24) is 5.32 Å². The Hall–Kier alpha value is -1.09. The highest BCUT2D eigenvalue weighted by Crippen LogP contribution is 2.30. The summed E-state index contributed by atoms with van der Waals surface area (Å²) in [6.45, 7) is 3.12. The van der Waals surface area contributed by atoms with E-state index in [0.717, 1.165) is 31.4 Å². The number of benzene rings is 1. The normalized spacial score (nSPS) is 20.1. The number of fused-ring (bicyclic) bond motifs is 1. The van der Waals surface area contributed by atoms with Gasteiger partial charge in [0.1, 0.15) is 0 Å². The van der Waals surface area contributed by atoms with Crippen LogP contribution in [0.1, 0.15) is 36.9 Å². The summed E-state index contributed by atoms with van der Waals surface area (Å²) in [4.78, 5) is 0. The Kier molecular flexibility index (Phi) is 3.44. The highest BCUT2D eigenvalue weighted by molar-refractivity contribution is 5.39. The van der Waals surface area contributed by atoms with E-state index in [1.807, 2.05) is 6.07 Å². The van der Waals surface area contributed by atoms with Crippen molar-refractivity contribution >= 4 is 0 Å². The average molecular weight is 223 g/mol. The highest BCUT2D eigenvalue weighted by atomic mass is 19.1. The van der Waals surface area contributed by atoms with Crippen molar-refractivity contribution in [3.63, 3.8) is 0 Å².